The Morgan fingerprint density at radius 3 is 2.47 bits per heavy atom. The summed E-state index contributed by atoms with van der Waals surface area (Å²) in [6.45, 7) is 6.91. The number of carbonyl (C=O) groups is 2. The molecule has 0 heterocycles. The molecule has 0 aromatic rings. The zero-order valence-corrected chi connectivity index (χ0v) is 9.67. The lowest BCUT2D eigenvalue weighted by Gasteiger charge is -2.07. The van der Waals surface area contributed by atoms with E-state index in [1.807, 2.05) is 13.8 Å². The van der Waals surface area contributed by atoms with Crippen molar-refractivity contribution in [2.24, 2.45) is 5.92 Å². The van der Waals surface area contributed by atoms with Crippen molar-refractivity contribution >= 4 is 11.8 Å². The summed E-state index contributed by atoms with van der Waals surface area (Å²) in [5.41, 5.74) is 0. The summed E-state index contributed by atoms with van der Waals surface area (Å²) in [5.74, 6) is 0.269. The van der Waals surface area contributed by atoms with Crippen LogP contribution < -0.4 is 10.6 Å². The Morgan fingerprint density at radius 1 is 1.27 bits per heavy atom. The second-order valence-corrected chi connectivity index (χ2v) is 3.74. The number of allylic oxidation sites excluding steroid dienone is 1. The Kier molecular flexibility index (Phi) is 7.32. The highest BCUT2D eigenvalue weighted by molar-refractivity contribution is 5.87. The van der Waals surface area contributed by atoms with E-state index in [0.717, 1.165) is 0 Å². The second-order valence-electron chi connectivity index (χ2n) is 3.74. The van der Waals surface area contributed by atoms with Gasteiger partial charge in [0.05, 0.1) is 0 Å². The fourth-order valence-corrected chi connectivity index (χ4v) is 0.916. The normalized spacial score (nSPS) is 10.7. The Morgan fingerprint density at radius 2 is 1.93 bits per heavy atom. The van der Waals surface area contributed by atoms with Gasteiger partial charge in [-0.2, -0.15) is 0 Å². The largest absolute Gasteiger partial charge is 0.356 e. The van der Waals surface area contributed by atoms with E-state index in [9.17, 15) is 9.59 Å². The highest BCUT2D eigenvalue weighted by atomic mass is 16.2. The topological polar surface area (TPSA) is 58.2 Å². The fraction of sp³-hybridized carbons (Fsp3) is 0.636. The quantitative estimate of drug-likeness (QED) is 0.641. The van der Waals surface area contributed by atoms with Crippen molar-refractivity contribution in [1.82, 2.24) is 10.6 Å². The molecule has 86 valence electrons. The molecular formula is C11H20N2O2. The standard InChI is InChI=1S/C11H20N2O2/c1-4-5-10(14)12-7-6-11(15)13-8-9(2)3/h4-5,9H,6-8H2,1-3H3,(H,12,14)(H,13,15)/b5-4+. The molecule has 0 rings (SSSR count). The Hall–Kier alpha value is -1.32. The lowest BCUT2D eigenvalue weighted by molar-refractivity contribution is -0.121. The molecule has 0 unspecified atom stereocenters. The van der Waals surface area contributed by atoms with Crippen molar-refractivity contribution < 1.29 is 9.59 Å². The number of amides is 2. The van der Waals surface area contributed by atoms with Crippen molar-refractivity contribution in [3.63, 3.8) is 0 Å². The molecule has 0 fully saturated rings. The highest BCUT2D eigenvalue weighted by Gasteiger charge is 2.02. The van der Waals surface area contributed by atoms with Crippen molar-refractivity contribution in [2.75, 3.05) is 13.1 Å². The summed E-state index contributed by atoms with van der Waals surface area (Å²) in [4.78, 5) is 22.2. The first kappa shape index (κ1) is 13.7. The van der Waals surface area contributed by atoms with Gasteiger partial charge in [0, 0.05) is 19.5 Å². The van der Waals surface area contributed by atoms with Crippen molar-refractivity contribution in [1.29, 1.82) is 0 Å². The summed E-state index contributed by atoms with van der Waals surface area (Å²) in [5, 5.41) is 5.40. The molecule has 0 aliphatic rings. The van der Waals surface area contributed by atoms with Gasteiger partial charge in [0.2, 0.25) is 11.8 Å². The Bertz CT molecular complexity index is 235. The van der Waals surface area contributed by atoms with E-state index in [2.05, 4.69) is 10.6 Å². The van der Waals surface area contributed by atoms with Crippen LogP contribution in [0.15, 0.2) is 12.2 Å². The summed E-state index contributed by atoms with van der Waals surface area (Å²) in [6.07, 6.45) is 3.43. The lowest BCUT2D eigenvalue weighted by Crippen LogP contribution is -2.31. The van der Waals surface area contributed by atoms with Crippen LogP contribution in [-0.4, -0.2) is 24.9 Å². The maximum atomic E-state index is 11.2. The third kappa shape index (κ3) is 9.00. The molecule has 0 bridgehead atoms. The van der Waals surface area contributed by atoms with Gasteiger partial charge in [0.1, 0.15) is 0 Å². The molecule has 0 aliphatic carbocycles. The molecule has 4 heteroatoms. The zero-order valence-electron chi connectivity index (χ0n) is 9.67. The van der Waals surface area contributed by atoms with E-state index in [1.54, 1.807) is 13.0 Å². The van der Waals surface area contributed by atoms with Crippen molar-refractivity contribution in [2.45, 2.75) is 27.2 Å². The number of carbonyl (C=O) groups excluding carboxylic acids is 2. The molecule has 0 atom stereocenters. The molecule has 0 aliphatic heterocycles. The van der Waals surface area contributed by atoms with Gasteiger partial charge in [-0.3, -0.25) is 9.59 Å². The predicted octanol–water partition coefficient (Wildman–Crippen LogP) is 0.841. The molecule has 15 heavy (non-hydrogen) atoms. The summed E-state index contributed by atoms with van der Waals surface area (Å²) < 4.78 is 0. The maximum Gasteiger partial charge on any atom is 0.243 e. The van der Waals surface area contributed by atoms with Gasteiger partial charge in [0.25, 0.3) is 0 Å². The van der Waals surface area contributed by atoms with Crippen LogP contribution in [0.1, 0.15) is 27.2 Å². The predicted molar refractivity (Wildman–Crippen MR) is 60.3 cm³/mol. The first-order valence-corrected chi connectivity index (χ1v) is 5.23. The summed E-state index contributed by atoms with van der Waals surface area (Å²) in [7, 11) is 0. The van der Waals surface area contributed by atoms with Crippen LogP contribution in [0, 0.1) is 5.92 Å². The molecule has 0 spiro atoms. The van der Waals surface area contributed by atoms with Crippen LogP contribution in [0.25, 0.3) is 0 Å². The molecule has 0 radical (unpaired) electrons. The lowest BCUT2D eigenvalue weighted by atomic mass is 10.2. The molecule has 0 saturated heterocycles. The van der Waals surface area contributed by atoms with Crippen molar-refractivity contribution in [3.8, 4) is 0 Å². The molecule has 4 nitrogen and oxygen atoms in total. The van der Waals surface area contributed by atoms with Gasteiger partial charge in [-0.05, 0) is 18.9 Å². The maximum absolute atomic E-state index is 11.2. The first-order valence-electron chi connectivity index (χ1n) is 5.23. The minimum atomic E-state index is -0.158. The van der Waals surface area contributed by atoms with E-state index in [0.29, 0.717) is 25.4 Å². The minimum Gasteiger partial charge on any atom is -0.356 e. The van der Waals surface area contributed by atoms with Gasteiger partial charge >= 0.3 is 0 Å². The van der Waals surface area contributed by atoms with Crippen LogP contribution >= 0.6 is 0 Å². The second kappa shape index (κ2) is 8.03. The van der Waals surface area contributed by atoms with Gasteiger partial charge in [-0.1, -0.05) is 19.9 Å². The van der Waals surface area contributed by atoms with Crippen LogP contribution in [0.3, 0.4) is 0 Å². The average molecular weight is 212 g/mol. The van der Waals surface area contributed by atoms with Gasteiger partial charge in [-0.25, -0.2) is 0 Å². The molecule has 0 aromatic heterocycles. The van der Waals surface area contributed by atoms with E-state index >= 15 is 0 Å². The fourth-order valence-electron chi connectivity index (χ4n) is 0.916. The van der Waals surface area contributed by atoms with Gasteiger partial charge < -0.3 is 10.6 Å². The monoisotopic (exact) mass is 212 g/mol. The molecule has 2 N–H and O–H groups in total. The van der Waals surface area contributed by atoms with E-state index in [4.69, 9.17) is 0 Å². The zero-order chi connectivity index (χ0) is 11.7. The number of hydrogen-bond acceptors (Lipinski definition) is 2. The molecular weight excluding hydrogens is 192 g/mol. The van der Waals surface area contributed by atoms with E-state index in [-0.39, 0.29) is 11.8 Å². The Balaban J connectivity index is 3.51. The molecule has 0 aromatic carbocycles. The first-order chi connectivity index (χ1) is 7.06. The SMILES string of the molecule is C/C=C/C(=O)NCCC(=O)NCC(C)C. The van der Waals surface area contributed by atoms with E-state index < -0.39 is 0 Å². The van der Waals surface area contributed by atoms with Crippen LogP contribution in [-0.2, 0) is 9.59 Å². The summed E-state index contributed by atoms with van der Waals surface area (Å²) in [6, 6.07) is 0. The highest BCUT2D eigenvalue weighted by Crippen LogP contribution is 1.88. The third-order valence-electron chi connectivity index (χ3n) is 1.68. The van der Waals surface area contributed by atoms with Gasteiger partial charge in [0.15, 0.2) is 0 Å². The third-order valence-corrected chi connectivity index (χ3v) is 1.68. The van der Waals surface area contributed by atoms with E-state index in [1.165, 1.54) is 6.08 Å². The average Bonchev–Trinajstić information content (AvgIpc) is 2.15. The minimum absolute atomic E-state index is 0.0236. The van der Waals surface area contributed by atoms with Crippen LogP contribution in [0.4, 0.5) is 0 Å². The number of rotatable bonds is 6. The van der Waals surface area contributed by atoms with Gasteiger partial charge in [-0.15, -0.1) is 0 Å². The number of nitrogens with one attached hydrogen (secondary N) is 2. The van der Waals surface area contributed by atoms with Crippen LogP contribution in [0.2, 0.25) is 0 Å². The van der Waals surface area contributed by atoms with Crippen molar-refractivity contribution in [3.05, 3.63) is 12.2 Å². The number of hydrogen-bond donors (Lipinski definition) is 2. The summed E-state index contributed by atoms with van der Waals surface area (Å²) >= 11 is 0. The molecule has 2 amide bonds. The molecule has 0 saturated carbocycles. The van der Waals surface area contributed by atoms with Crippen LogP contribution in [0.5, 0.6) is 0 Å². The Labute approximate surface area is 91.1 Å². The smallest absolute Gasteiger partial charge is 0.243 e.